The Morgan fingerprint density at radius 1 is 1.06 bits per heavy atom. The Labute approximate surface area is 205 Å². The number of halogens is 2. The number of hydrogen-bond donors (Lipinski definition) is 1. The molecule has 172 valence electrons. The molecule has 0 radical (unpaired) electrons. The Bertz CT molecular complexity index is 1100. The summed E-state index contributed by atoms with van der Waals surface area (Å²) in [6, 6.07) is 16.2. The van der Waals surface area contributed by atoms with Crippen LogP contribution in [0.15, 0.2) is 70.5 Å². The van der Waals surface area contributed by atoms with E-state index < -0.39 is 11.9 Å². The molecular formula is C26H26BrFN2O2S. The van der Waals surface area contributed by atoms with Crippen LogP contribution in [0.4, 0.5) is 10.1 Å². The topological polar surface area (TPSA) is 49.4 Å². The molecule has 0 saturated heterocycles. The zero-order valence-electron chi connectivity index (χ0n) is 18.2. The molecule has 4 rings (SSSR count). The van der Waals surface area contributed by atoms with Gasteiger partial charge in [0, 0.05) is 21.1 Å². The average Bonchev–Trinajstić information content (AvgIpc) is 3.31. The number of nitrogens with zero attached hydrogens (tertiary/aromatic N) is 1. The molecule has 0 spiro atoms. The van der Waals surface area contributed by atoms with Crippen LogP contribution in [0.3, 0.4) is 0 Å². The maximum Gasteiger partial charge on any atom is 0.248 e. The Kier molecular flexibility index (Phi) is 7.93. The van der Waals surface area contributed by atoms with E-state index in [9.17, 15) is 14.0 Å². The lowest BCUT2D eigenvalue weighted by Crippen LogP contribution is -2.47. The number of hydrogen-bond acceptors (Lipinski definition) is 3. The first-order chi connectivity index (χ1) is 16.0. The van der Waals surface area contributed by atoms with Gasteiger partial charge in [-0.3, -0.25) is 14.5 Å². The van der Waals surface area contributed by atoms with Crippen molar-refractivity contribution in [2.24, 2.45) is 0 Å². The Morgan fingerprint density at radius 3 is 2.55 bits per heavy atom. The van der Waals surface area contributed by atoms with Gasteiger partial charge in [0.25, 0.3) is 0 Å². The number of carbonyl (C=O) groups excluding carboxylic acids is 2. The first kappa shape index (κ1) is 23.6. The minimum atomic E-state index is -0.934. The number of benzene rings is 2. The summed E-state index contributed by atoms with van der Waals surface area (Å²) in [5, 5.41) is 5.09. The minimum absolute atomic E-state index is 0.0815. The summed E-state index contributed by atoms with van der Waals surface area (Å²) in [6.45, 7) is 0. The fourth-order valence-electron chi connectivity index (χ4n) is 4.33. The molecular weight excluding hydrogens is 503 g/mol. The van der Waals surface area contributed by atoms with E-state index in [2.05, 4.69) is 21.2 Å². The lowest BCUT2D eigenvalue weighted by molar-refractivity contribution is -0.127. The predicted octanol–water partition coefficient (Wildman–Crippen LogP) is 6.42. The zero-order chi connectivity index (χ0) is 23.2. The third-order valence-electron chi connectivity index (χ3n) is 5.92. The van der Waals surface area contributed by atoms with Crippen LogP contribution in [0, 0.1) is 5.82 Å². The summed E-state index contributed by atoms with van der Waals surface area (Å²) in [5.74, 6) is -0.972. The molecule has 3 aromatic rings. The molecule has 1 fully saturated rings. The van der Waals surface area contributed by atoms with E-state index in [-0.39, 0.29) is 24.3 Å². The summed E-state index contributed by atoms with van der Waals surface area (Å²) in [7, 11) is 0. The molecule has 0 bridgehead atoms. The van der Waals surface area contributed by atoms with Gasteiger partial charge >= 0.3 is 0 Å². The van der Waals surface area contributed by atoms with Crippen molar-refractivity contribution >= 4 is 44.8 Å². The Hall–Kier alpha value is -2.51. The van der Waals surface area contributed by atoms with E-state index in [1.54, 1.807) is 12.1 Å². The molecule has 0 aliphatic heterocycles. The second-order valence-electron chi connectivity index (χ2n) is 8.27. The van der Waals surface area contributed by atoms with Crippen LogP contribution < -0.4 is 10.2 Å². The van der Waals surface area contributed by atoms with Crippen molar-refractivity contribution in [3.05, 3.63) is 86.8 Å². The Morgan fingerprint density at radius 2 is 1.85 bits per heavy atom. The van der Waals surface area contributed by atoms with Crippen molar-refractivity contribution in [1.82, 2.24) is 5.32 Å². The van der Waals surface area contributed by atoms with Crippen LogP contribution in [-0.2, 0) is 16.0 Å². The van der Waals surface area contributed by atoms with E-state index in [4.69, 9.17) is 0 Å². The average molecular weight is 529 g/mol. The highest BCUT2D eigenvalue weighted by Crippen LogP contribution is 2.34. The molecule has 1 aliphatic rings. The van der Waals surface area contributed by atoms with Gasteiger partial charge in [0.15, 0.2) is 0 Å². The summed E-state index contributed by atoms with van der Waals surface area (Å²) in [4.78, 5) is 29.7. The summed E-state index contributed by atoms with van der Waals surface area (Å²) in [5.41, 5.74) is 1.02. The monoisotopic (exact) mass is 528 g/mol. The molecule has 2 amide bonds. The number of carbonyl (C=O) groups is 2. The maximum absolute atomic E-state index is 14.2. The van der Waals surface area contributed by atoms with Gasteiger partial charge in [0.1, 0.15) is 11.9 Å². The quantitative estimate of drug-likeness (QED) is 0.384. The minimum Gasteiger partial charge on any atom is -0.351 e. The number of rotatable bonds is 7. The van der Waals surface area contributed by atoms with Crippen LogP contribution >= 0.6 is 27.3 Å². The first-order valence-electron chi connectivity index (χ1n) is 11.2. The molecule has 1 aliphatic carbocycles. The van der Waals surface area contributed by atoms with E-state index in [0.717, 1.165) is 35.0 Å². The second-order valence-corrected chi connectivity index (χ2v) is 10.2. The summed E-state index contributed by atoms with van der Waals surface area (Å²) in [6.07, 6.45) is 5.32. The molecule has 1 heterocycles. The summed E-state index contributed by atoms with van der Waals surface area (Å²) < 4.78 is 15.0. The van der Waals surface area contributed by atoms with Crippen LogP contribution in [0.2, 0.25) is 0 Å². The van der Waals surface area contributed by atoms with Crippen molar-refractivity contribution < 1.29 is 14.0 Å². The largest absolute Gasteiger partial charge is 0.351 e. The molecule has 1 atom stereocenters. The standard InChI is InChI=1S/C26H26BrFN2O2S/c27-23-14-5-4-13-22(23)25(26(32)29-19-9-2-1-3-10-19)30(20-11-6-8-18(28)16-20)24(31)17-21-12-7-15-33-21/h4-8,11-16,19,25H,1-3,9-10,17H2,(H,29,32). The highest BCUT2D eigenvalue weighted by atomic mass is 79.9. The van der Waals surface area contributed by atoms with Gasteiger partial charge in [0.05, 0.1) is 6.42 Å². The van der Waals surface area contributed by atoms with Crippen molar-refractivity contribution in [2.75, 3.05) is 4.90 Å². The van der Waals surface area contributed by atoms with Gasteiger partial charge < -0.3 is 5.32 Å². The molecule has 1 N–H and O–H groups in total. The highest BCUT2D eigenvalue weighted by Gasteiger charge is 2.35. The second kappa shape index (κ2) is 11.1. The third kappa shape index (κ3) is 5.89. The van der Waals surface area contributed by atoms with Crippen LogP contribution in [-0.4, -0.2) is 17.9 Å². The molecule has 7 heteroatoms. The van der Waals surface area contributed by atoms with Crippen LogP contribution in [0.25, 0.3) is 0 Å². The highest BCUT2D eigenvalue weighted by molar-refractivity contribution is 9.10. The van der Waals surface area contributed by atoms with E-state index in [0.29, 0.717) is 11.3 Å². The van der Waals surface area contributed by atoms with Gasteiger partial charge in [0.2, 0.25) is 11.8 Å². The third-order valence-corrected chi connectivity index (χ3v) is 7.52. The van der Waals surface area contributed by atoms with Crippen molar-refractivity contribution in [2.45, 2.75) is 50.6 Å². The number of thiophene rings is 1. The van der Waals surface area contributed by atoms with E-state index in [1.165, 1.54) is 34.8 Å². The molecule has 2 aromatic carbocycles. The molecule has 1 unspecified atom stereocenters. The van der Waals surface area contributed by atoms with E-state index in [1.807, 2.05) is 41.8 Å². The molecule has 1 aromatic heterocycles. The first-order valence-corrected chi connectivity index (χ1v) is 12.8. The zero-order valence-corrected chi connectivity index (χ0v) is 20.6. The van der Waals surface area contributed by atoms with Crippen molar-refractivity contribution in [3.8, 4) is 0 Å². The number of amides is 2. The fraction of sp³-hybridized carbons (Fsp3) is 0.308. The van der Waals surface area contributed by atoms with Gasteiger partial charge in [-0.1, -0.05) is 65.5 Å². The smallest absolute Gasteiger partial charge is 0.248 e. The van der Waals surface area contributed by atoms with Gasteiger partial charge in [-0.2, -0.15) is 0 Å². The SMILES string of the molecule is O=C(NC1CCCCC1)C(c1ccccc1Br)N(C(=O)Cc1cccs1)c1cccc(F)c1. The predicted molar refractivity (Wildman–Crippen MR) is 134 cm³/mol. The lowest BCUT2D eigenvalue weighted by atomic mass is 9.94. The lowest BCUT2D eigenvalue weighted by Gasteiger charge is -2.34. The molecule has 4 nitrogen and oxygen atoms in total. The van der Waals surface area contributed by atoms with Crippen molar-refractivity contribution in [1.29, 1.82) is 0 Å². The number of nitrogens with one attached hydrogen (secondary N) is 1. The molecule has 1 saturated carbocycles. The van der Waals surface area contributed by atoms with Gasteiger partial charge in [-0.15, -0.1) is 11.3 Å². The fourth-order valence-corrected chi connectivity index (χ4v) is 5.53. The molecule has 33 heavy (non-hydrogen) atoms. The number of anilines is 1. The summed E-state index contributed by atoms with van der Waals surface area (Å²) >= 11 is 5.05. The normalized spacial score (nSPS) is 15.1. The van der Waals surface area contributed by atoms with E-state index >= 15 is 0 Å². The van der Waals surface area contributed by atoms with Crippen molar-refractivity contribution in [3.63, 3.8) is 0 Å². The Balaban J connectivity index is 1.76. The van der Waals surface area contributed by atoms with Crippen LogP contribution in [0.5, 0.6) is 0 Å². The van der Waals surface area contributed by atoms with Gasteiger partial charge in [-0.05, 0) is 54.1 Å². The van der Waals surface area contributed by atoms with Crippen LogP contribution in [0.1, 0.15) is 48.6 Å². The maximum atomic E-state index is 14.2. The van der Waals surface area contributed by atoms with Gasteiger partial charge in [-0.25, -0.2) is 4.39 Å².